The Balaban J connectivity index is 1.16. The number of carbonyl (C=O) groups is 2. The summed E-state index contributed by atoms with van der Waals surface area (Å²) in [6, 6.07) is 20.3. The summed E-state index contributed by atoms with van der Waals surface area (Å²) in [5, 5.41) is 2.78. The molecule has 4 aromatic rings. The van der Waals surface area contributed by atoms with Crippen molar-refractivity contribution in [3.05, 3.63) is 83.9 Å². The van der Waals surface area contributed by atoms with Crippen LogP contribution < -0.4 is 5.32 Å². The number of benzene rings is 2. The average molecular weight is 612 g/mol. The Morgan fingerprint density at radius 3 is 2.53 bits per heavy atom. The number of hydrogen-bond donors (Lipinski definition) is 1. The molecule has 1 fully saturated rings. The van der Waals surface area contributed by atoms with Crippen molar-refractivity contribution in [2.75, 3.05) is 47.1 Å². The molecule has 0 radical (unpaired) electrons. The molecule has 5 rings (SSSR count). The molecule has 1 aliphatic heterocycles. The number of methoxy groups -OCH3 is 2. The Bertz CT molecular complexity index is 1550. The highest BCUT2D eigenvalue weighted by atomic mass is 16.5. The Morgan fingerprint density at radius 1 is 1.00 bits per heavy atom. The molecule has 238 valence electrons. The number of hydrogen-bond acceptors (Lipinski definition) is 6. The third-order valence-electron chi connectivity index (χ3n) is 8.54. The molecule has 3 heterocycles. The molecule has 9 nitrogen and oxygen atoms in total. The molecule has 0 spiro atoms. The van der Waals surface area contributed by atoms with Gasteiger partial charge in [0, 0.05) is 71.1 Å². The van der Waals surface area contributed by atoms with Crippen LogP contribution in [0.2, 0.25) is 0 Å². The molecule has 2 aromatic heterocycles. The number of pyridine rings is 1. The highest BCUT2D eigenvalue weighted by molar-refractivity contribution is 5.92. The fourth-order valence-electron chi connectivity index (χ4n) is 6.21. The highest BCUT2D eigenvalue weighted by Gasteiger charge is 2.29. The van der Waals surface area contributed by atoms with E-state index in [-0.39, 0.29) is 23.7 Å². The van der Waals surface area contributed by atoms with Crippen molar-refractivity contribution < 1.29 is 19.1 Å². The number of para-hydroxylation sites is 2. The Labute approximate surface area is 266 Å². The van der Waals surface area contributed by atoms with Gasteiger partial charge in [0.15, 0.2) is 0 Å². The fraction of sp³-hybridized carbons (Fsp3) is 0.444. The second kappa shape index (κ2) is 15.8. The molecule has 0 saturated carbocycles. The number of ether oxygens (including phenoxy) is 2. The molecule has 2 atom stereocenters. The smallest absolute Gasteiger partial charge is 0.269 e. The number of imidazole rings is 1. The largest absolute Gasteiger partial charge is 0.385 e. The quantitative estimate of drug-likeness (QED) is 0.190. The Hall–Kier alpha value is -4.08. The number of likely N-dealkylation sites (tertiary alicyclic amines) is 1. The maximum Gasteiger partial charge on any atom is 0.269 e. The number of carbonyl (C=O) groups excluding carboxylic acids is 2. The fourth-order valence-corrected chi connectivity index (χ4v) is 6.21. The molecule has 2 amide bonds. The van der Waals surface area contributed by atoms with Crippen molar-refractivity contribution in [1.29, 1.82) is 0 Å². The van der Waals surface area contributed by atoms with Crippen LogP contribution in [0.3, 0.4) is 0 Å². The van der Waals surface area contributed by atoms with Crippen LogP contribution in [0.5, 0.6) is 0 Å². The monoisotopic (exact) mass is 611 g/mol. The van der Waals surface area contributed by atoms with Gasteiger partial charge in [-0.15, -0.1) is 0 Å². The molecule has 1 saturated heterocycles. The van der Waals surface area contributed by atoms with Gasteiger partial charge in [0.1, 0.15) is 11.5 Å². The van der Waals surface area contributed by atoms with Crippen molar-refractivity contribution in [2.24, 2.45) is 5.92 Å². The molecule has 2 aromatic carbocycles. The summed E-state index contributed by atoms with van der Waals surface area (Å²) in [7, 11) is 3.34. The molecular weight excluding hydrogens is 566 g/mol. The minimum absolute atomic E-state index is 0.213. The lowest BCUT2D eigenvalue weighted by molar-refractivity contribution is -0.133. The zero-order valence-corrected chi connectivity index (χ0v) is 26.7. The van der Waals surface area contributed by atoms with Crippen LogP contribution in [0.4, 0.5) is 0 Å². The van der Waals surface area contributed by atoms with E-state index >= 15 is 0 Å². The SMILES string of the molecule is COCCCn1c([C@@H]2CCCN(C(=O)C[C@H](C)Cc3ccc(-c4ccc(C(=O)NCCOC)nc4)cc3)C2)nc2ccccc21. The molecule has 1 aliphatic rings. The summed E-state index contributed by atoms with van der Waals surface area (Å²) >= 11 is 0. The van der Waals surface area contributed by atoms with Crippen molar-refractivity contribution >= 4 is 22.8 Å². The van der Waals surface area contributed by atoms with E-state index in [2.05, 4.69) is 69.2 Å². The minimum atomic E-state index is -0.213. The third-order valence-corrected chi connectivity index (χ3v) is 8.54. The lowest BCUT2D eigenvalue weighted by Gasteiger charge is -2.33. The first kappa shape index (κ1) is 32.3. The number of nitrogens with one attached hydrogen (secondary N) is 1. The van der Waals surface area contributed by atoms with Crippen LogP contribution in [0.25, 0.3) is 22.2 Å². The van der Waals surface area contributed by atoms with Gasteiger partial charge in [-0.25, -0.2) is 4.98 Å². The van der Waals surface area contributed by atoms with Crippen LogP contribution in [0.1, 0.15) is 60.4 Å². The normalized spacial score (nSPS) is 15.7. The summed E-state index contributed by atoms with van der Waals surface area (Å²) in [6.45, 7) is 6.16. The van der Waals surface area contributed by atoms with Crippen molar-refractivity contribution in [2.45, 2.75) is 51.5 Å². The number of nitrogens with zero attached hydrogens (tertiary/aromatic N) is 4. The van der Waals surface area contributed by atoms with Gasteiger partial charge >= 0.3 is 0 Å². The molecule has 0 bridgehead atoms. The minimum Gasteiger partial charge on any atom is -0.385 e. The third kappa shape index (κ3) is 8.35. The predicted molar refractivity (Wildman–Crippen MR) is 176 cm³/mol. The van der Waals surface area contributed by atoms with Crippen LogP contribution in [-0.4, -0.2) is 78.3 Å². The molecule has 45 heavy (non-hydrogen) atoms. The van der Waals surface area contributed by atoms with Gasteiger partial charge in [0.25, 0.3) is 5.91 Å². The van der Waals surface area contributed by atoms with E-state index in [4.69, 9.17) is 14.5 Å². The second-order valence-electron chi connectivity index (χ2n) is 12.0. The molecule has 1 N–H and O–H groups in total. The van der Waals surface area contributed by atoms with Gasteiger partial charge in [-0.3, -0.25) is 14.6 Å². The maximum absolute atomic E-state index is 13.5. The van der Waals surface area contributed by atoms with E-state index in [0.717, 1.165) is 73.3 Å². The first-order valence-electron chi connectivity index (χ1n) is 16.0. The number of aryl methyl sites for hydroxylation is 1. The number of aromatic nitrogens is 3. The van der Waals surface area contributed by atoms with Crippen molar-refractivity contribution in [1.82, 2.24) is 24.8 Å². The van der Waals surface area contributed by atoms with Crippen LogP contribution >= 0.6 is 0 Å². The van der Waals surface area contributed by atoms with E-state index in [1.807, 2.05) is 12.1 Å². The molecule has 0 unspecified atom stereocenters. The highest BCUT2D eigenvalue weighted by Crippen LogP contribution is 2.30. The van der Waals surface area contributed by atoms with E-state index in [0.29, 0.717) is 31.9 Å². The predicted octanol–water partition coefficient (Wildman–Crippen LogP) is 5.49. The van der Waals surface area contributed by atoms with Crippen LogP contribution in [0, 0.1) is 5.92 Å². The van der Waals surface area contributed by atoms with Gasteiger partial charge in [0.2, 0.25) is 5.91 Å². The lowest BCUT2D eigenvalue weighted by atomic mass is 9.93. The van der Waals surface area contributed by atoms with E-state index < -0.39 is 0 Å². The number of piperidine rings is 1. The Morgan fingerprint density at radius 2 is 1.78 bits per heavy atom. The Kier molecular flexibility index (Phi) is 11.3. The van der Waals surface area contributed by atoms with E-state index in [1.165, 1.54) is 5.56 Å². The van der Waals surface area contributed by atoms with Crippen LogP contribution in [0.15, 0.2) is 66.9 Å². The van der Waals surface area contributed by atoms with Gasteiger partial charge in [-0.1, -0.05) is 49.4 Å². The van der Waals surface area contributed by atoms with E-state index in [1.54, 1.807) is 26.5 Å². The summed E-state index contributed by atoms with van der Waals surface area (Å²) in [5.74, 6) is 1.56. The number of fused-ring (bicyclic) bond motifs is 1. The van der Waals surface area contributed by atoms with Gasteiger partial charge in [-0.2, -0.15) is 0 Å². The second-order valence-corrected chi connectivity index (χ2v) is 12.0. The van der Waals surface area contributed by atoms with Gasteiger partial charge in [0.05, 0.1) is 17.6 Å². The first-order valence-corrected chi connectivity index (χ1v) is 16.0. The maximum atomic E-state index is 13.5. The van der Waals surface area contributed by atoms with Crippen molar-refractivity contribution in [3.8, 4) is 11.1 Å². The topological polar surface area (TPSA) is 98.6 Å². The first-order chi connectivity index (χ1) is 22.0. The zero-order chi connectivity index (χ0) is 31.6. The van der Waals surface area contributed by atoms with Gasteiger partial charge < -0.3 is 24.3 Å². The van der Waals surface area contributed by atoms with Gasteiger partial charge in [-0.05, 0) is 60.9 Å². The van der Waals surface area contributed by atoms with Crippen LogP contribution in [-0.2, 0) is 27.2 Å². The molecule has 9 heteroatoms. The molecule has 0 aliphatic carbocycles. The number of rotatable bonds is 14. The summed E-state index contributed by atoms with van der Waals surface area (Å²) in [5.41, 5.74) is 5.73. The summed E-state index contributed by atoms with van der Waals surface area (Å²) < 4.78 is 12.6. The lowest BCUT2D eigenvalue weighted by Crippen LogP contribution is -2.40. The standard InChI is InChI=1S/C36H45N5O4/c1-26(22-27-11-13-28(14-12-27)29-15-16-32(38-24-29)36(43)37-17-21-45-3)23-34(42)40-18-6-8-30(25-40)35-39-31-9-4-5-10-33(31)41(35)19-7-20-44-2/h4-5,9-16,24,26,30H,6-8,17-23,25H2,1-3H3,(H,37,43)/t26-,30-/m1/s1. The van der Waals surface area contributed by atoms with Crippen molar-refractivity contribution in [3.63, 3.8) is 0 Å². The van der Waals surface area contributed by atoms with E-state index in [9.17, 15) is 9.59 Å². The number of amides is 2. The average Bonchev–Trinajstić information content (AvgIpc) is 3.44. The summed E-state index contributed by atoms with van der Waals surface area (Å²) in [4.78, 5) is 37.1. The molecular formula is C36H45N5O4. The summed E-state index contributed by atoms with van der Waals surface area (Å²) in [6.07, 6.45) is 6.03. The zero-order valence-electron chi connectivity index (χ0n) is 26.7.